The second-order valence-electron chi connectivity index (χ2n) is 7.84. The number of benzene rings is 2. The summed E-state index contributed by atoms with van der Waals surface area (Å²) in [4.78, 5) is 11.9. The molecule has 0 aromatic heterocycles. The van der Waals surface area contributed by atoms with E-state index in [9.17, 15) is 18.0 Å². The number of carbonyl (C=O) groups is 1. The van der Waals surface area contributed by atoms with Crippen LogP contribution >= 0.6 is 0 Å². The lowest BCUT2D eigenvalue weighted by Crippen LogP contribution is -2.51. The van der Waals surface area contributed by atoms with Crippen molar-refractivity contribution in [3.05, 3.63) is 47.5 Å². The molecule has 1 aliphatic rings. The van der Waals surface area contributed by atoms with Gasteiger partial charge in [-0.1, -0.05) is 43.7 Å². The molecule has 0 spiro atoms. The zero-order valence-electron chi connectivity index (χ0n) is 15.9. The van der Waals surface area contributed by atoms with Crippen LogP contribution in [-0.4, -0.2) is 22.6 Å². The molecule has 1 fully saturated rings. The number of hydrazine groups is 1. The molecule has 6 heteroatoms. The van der Waals surface area contributed by atoms with Crippen molar-refractivity contribution in [1.82, 2.24) is 10.4 Å². The zero-order valence-corrected chi connectivity index (χ0v) is 15.9. The molecule has 1 N–H and O–H groups in total. The Kier molecular flexibility index (Phi) is 5.21. The van der Waals surface area contributed by atoms with E-state index in [1.165, 1.54) is 0 Å². The molecule has 0 aliphatic carbocycles. The molecule has 1 amide bonds. The number of amides is 1. The number of aryl methyl sites for hydroxylation is 1. The van der Waals surface area contributed by atoms with E-state index in [4.69, 9.17) is 0 Å². The average molecular weight is 378 g/mol. The summed E-state index contributed by atoms with van der Waals surface area (Å²) >= 11 is 0. The fourth-order valence-corrected chi connectivity index (χ4v) is 3.82. The summed E-state index contributed by atoms with van der Waals surface area (Å²) in [6.07, 6.45) is -2.19. The number of unbranched alkanes of at least 4 members (excludes halogenated alkanes) is 1. The quantitative estimate of drug-likeness (QED) is 0.766. The van der Waals surface area contributed by atoms with Gasteiger partial charge in [-0.3, -0.25) is 10.2 Å². The normalized spacial score (nSPS) is 18.7. The SMILES string of the molecule is CCCCc1cc2ccccc2cc1C(N1NC(=O)CC1(C)C)C(F)(F)F. The van der Waals surface area contributed by atoms with Crippen LogP contribution in [0.2, 0.25) is 0 Å². The van der Waals surface area contributed by atoms with Crippen LogP contribution in [0.4, 0.5) is 13.2 Å². The molecule has 0 saturated carbocycles. The molecule has 2 aromatic rings. The number of nitrogens with zero attached hydrogens (tertiary/aromatic N) is 1. The third kappa shape index (κ3) is 3.95. The maximum atomic E-state index is 14.2. The Bertz CT molecular complexity index is 845. The predicted molar refractivity (Wildman–Crippen MR) is 100 cm³/mol. The monoisotopic (exact) mass is 378 g/mol. The predicted octanol–water partition coefficient (Wildman–Crippen LogP) is 5.30. The number of halogens is 3. The molecule has 2 aromatic carbocycles. The minimum absolute atomic E-state index is 0.0391. The number of hydrogen-bond acceptors (Lipinski definition) is 2. The first kappa shape index (κ1) is 19.7. The topological polar surface area (TPSA) is 32.3 Å². The van der Waals surface area contributed by atoms with Gasteiger partial charge in [0.2, 0.25) is 5.91 Å². The molecule has 0 radical (unpaired) electrons. The molecular weight excluding hydrogens is 353 g/mol. The molecule has 27 heavy (non-hydrogen) atoms. The molecule has 146 valence electrons. The van der Waals surface area contributed by atoms with Crippen LogP contribution in [0.1, 0.15) is 57.2 Å². The number of carbonyl (C=O) groups excluding carboxylic acids is 1. The van der Waals surface area contributed by atoms with Crippen molar-refractivity contribution in [2.24, 2.45) is 0 Å². The third-order valence-electron chi connectivity index (χ3n) is 5.16. The van der Waals surface area contributed by atoms with Gasteiger partial charge in [0, 0.05) is 12.0 Å². The molecule has 1 heterocycles. The van der Waals surface area contributed by atoms with Crippen LogP contribution in [0, 0.1) is 0 Å². The van der Waals surface area contributed by atoms with E-state index in [1.54, 1.807) is 19.9 Å². The highest BCUT2D eigenvalue weighted by atomic mass is 19.4. The van der Waals surface area contributed by atoms with Gasteiger partial charge in [-0.25, -0.2) is 0 Å². The van der Waals surface area contributed by atoms with Crippen molar-refractivity contribution in [1.29, 1.82) is 0 Å². The van der Waals surface area contributed by atoms with Gasteiger partial charge in [0.25, 0.3) is 0 Å². The van der Waals surface area contributed by atoms with Gasteiger partial charge in [0.1, 0.15) is 0 Å². The second-order valence-corrected chi connectivity index (χ2v) is 7.84. The Morgan fingerprint density at radius 2 is 1.81 bits per heavy atom. The second kappa shape index (κ2) is 7.15. The fraction of sp³-hybridized carbons (Fsp3) is 0.476. The van der Waals surface area contributed by atoms with Crippen molar-refractivity contribution in [3.8, 4) is 0 Å². The molecular formula is C21H25F3N2O. The number of rotatable bonds is 5. The molecule has 3 rings (SSSR count). The first-order valence-corrected chi connectivity index (χ1v) is 9.30. The van der Waals surface area contributed by atoms with Crippen LogP contribution in [0.5, 0.6) is 0 Å². The van der Waals surface area contributed by atoms with E-state index in [-0.39, 0.29) is 17.9 Å². The summed E-state index contributed by atoms with van der Waals surface area (Å²) in [7, 11) is 0. The summed E-state index contributed by atoms with van der Waals surface area (Å²) in [6.45, 7) is 5.35. The smallest absolute Gasteiger partial charge is 0.287 e. The van der Waals surface area contributed by atoms with E-state index in [2.05, 4.69) is 5.43 Å². The maximum absolute atomic E-state index is 14.2. The number of fused-ring (bicyclic) bond motifs is 1. The third-order valence-corrected chi connectivity index (χ3v) is 5.16. The average Bonchev–Trinajstić information content (AvgIpc) is 2.84. The van der Waals surface area contributed by atoms with Crippen LogP contribution in [0.15, 0.2) is 36.4 Å². The van der Waals surface area contributed by atoms with Gasteiger partial charge in [0.05, 0.1) is 0 Å². The standard InChI is InChI=1S/C21H25F3N2O/c1-4-5-8-16-11-14-9-6-7-10-15(14)12-17(16)19(21(22,23)24)26-20(2,3)13-18(27)25-26/h6-7,9-12,19H,4-5,8,13H2,1-3H3,(H,25,27). The Morgan fingerprint density at radius 3 is 2.33 bits per heavy atom. The number of nitrogens with one attached hydrogen (secondary N) is 1. The first-order chi connectivity index (χ1) is 12.6. The highest BCUT2D eigenvalue weighted by molar-refractivity contribution is 5.84. The highest BCUT2D eigenvalue weighted by Gasteiger charge is 2.53. The number of alkyl halides is 3. The van der Waals surface area contributed by atoms with E-state index >= 15 is 0 Å². The van der Waals surface area contributed by atoms with Crippen molar-refractivity contribution in [2.45, 2.75) is 64.2 Å². The Balaban J connectivity index is 2.19. The van der Waals surface area contributed by atoms with Gasteiger partial charge in [-0.05, 0) is 54.7 Å². The van der Waals surface area contributed by atoms with Crippen LogP contribution in [-0.2, 0) is 11.2 Å². The van der Waals surface area contributed by atoms with Crippen molar-refractivity contribution < 1.29 is 18.0 Å². The molecule has 1 saturated heterocycles. The van der Waals surface area contributed by atoms with E-state index in [0.717, 1.165) is 28.6 Å². The van der Waals surface area contributed by atoms with Gasteiger partial charge >= 0.3 is 6.18 Å². The van der Waals surface area contributed by atoms with Crippen molar-refractivity contribution in [2.75, 3.05) is 0 Å². The van der Waals surface area contributed by atoms with Crippen molar-refractivity contribution >= 4 is 16.7 Å². The van der Waals surface area contributed by atoms with Crippen LogP contribution in [0.3, 0.4) is 0 Å². The summed E-state index contributed by atoms with van der Waals surface area (Å²) in [5, 5.41) is 2.79. The Labute approximate surface area is 157 Å². The zero-order chi connectivity index (χ0) is 19.8. The largest absolute Gasteiger partial charge is 0.409 e. The summed E-state index contributed by atoms with van der Waals surface area (Å²) in [5.41, 5.74) is 2.45. The van der Waals surface area contributed by atoms with Gasteiger partial charge in [-0.15, -0.1) is 0 Å². The van der Waals surface area contributed by atoms with Gasteiger partial charge < -0.3 is 0 Å². The van der Waals surface area contributed by atoms with Crippen molar-refractivity contribution in [3.63, 3.8) is 0 Å². The lowest BCUT2D eigenvalue weighted by atomic mass is 9.90. The fourth-order valence-electron chi connectivity index (χ4n) is 3.82. The molecule has 1 atom stereocenters. The molecule has 1 unspecified atom stereocenters. The summed E-state index contributed by atoms with van der Waals surface area (Å²) < 4.78 is 42.7. The van der Waals surface area contributed by atoms with Gasteiger partial charge in [0.15, 0.2) is 6.04 Å². The summed E-state index contributed by atoms with van der Waals surface area (Å²) in [6, 6.07) is 9.07. The van der Waals surface area contributed by atoms with E-state index < -0.39 is 17.8 Å². The first-order valence-electron chi connectivity index (χ1n) is 9.30. The molecule has 0 bridgehead atoms. The maximum Gasteiger partial charge on any atom is 0.409 e. The lowest BCUT2D eigenvalue weighted by molar-refractivity contribution is -0.204. The molecule has 3 nitrogen and oxygen atoms in total. The van der Waals surface area contributed by atoms with Crippen LogP contribution in [0.25, 0.3) is 10.8 Å². The van der Waals surface area contributed by atoms with E-state index in [0.29, 0.717) is 12.0 Å². The van der Waals surface area contributed by atoms with Gasteiger partial charge in [-0.2, -0.15) is 18.2 Å². The lowest BCUT2D eigenvalue weighted by Gasteiger charge is -2.38. The van der Waals surface area contributed by atoms with E-state index in [1.807, 2.05) is 37.3 Å². The molecule has 1 aliphatic heterocycles. The van der Waals surface area contributed by atoms with Crippen LogP contribution < -0.4 is 5.43 Å². The minimum atomic E-state index is -4.52. The minimum Gasteiger partial charge on any atom is -0.287 e. The summed E-state index contributed by atoms with van der Waals surface area (Å²) in [5.74, 6) is -0.384. The Hall–Kier alpha value is -2.08. The highest BCUT2D eigenvalue weighted by Crippen LogP contribution is 2.44. The number of hydrogen-bond donors (Lipinski definition) is 1. The Morgan fingerprint density at radius 1 is 1.19 bits per heavy atom.